The van der Waals surface area contributed by atoms with Gasteiger partial charge in [-0.2, -0.15) is 16.8 Å². The second-order valence-corrected chi connectivity index (χ2v) is 12.6. The lowest BCUT2D eigenvalue weighted by Crippen LogP contribution is -2.19. The fourth-order valence-corrected chi connectivity index (χ4v) is 5.94. The third kappa shape index (κ3) is 4.85. The summed E-state index contributed by atoms with van der Waals surface area (Å²) in [5.41, 5.74) is 0.773. The van der Waals surface area contributed by atoms with Crippen LogP contribution in [-0.4, -0.2) is 51.8 Å². The van der Waals surface area contributed by atoms with Crippen LogP contribution in [0.4, 0.5) is 0 Å². The number of amides is 1. The number of benzene rings is 2. The van der Waals surface area contributed by atoms with E-state index in [0.717, 1.165) is 23.8 Å². The number of sulfone groups is 2. The SMILES string of the molecule is CSCCn1c(=NC(=O)c2ccccc2S(C)(=O)=O)sc2cc(S(C)(=O)=O)ccc21. The average molecular weight is 485 g/mol. The van der Waals surface area contributed by atoms with Crippen molar-refractivity contribution in [1.82, 2.24) is 4.57 Å². The van der Waals surface area contributed by atoms with Gasteiger partial charge in [-0.1, -0.05) is 23.5 Å². The van der Waals surface area contributed by atoms with Crippen LogP contribution in [0.3, 0.4) is 0 Å². The third-order valence-electron chi connectivity index (χ3n) is 4.32. The van der Waals surface area contributed by atoms with E-state index in [1.54, 1.807) is 36.0 Å². The molecule has 0 atom stereocenters. The molecule has 0 fully saturated rings. The molecular weight excluding hydrogens is 464 g/mol. The standard InChI is InChI=1S/C19H20N2O5S4/c1-27-11-10-21-15-9-8-13(29(2,23)24)12-16(15)28-19(21)20-18(22)14-6-4-5-7-17(14)30(3,25)26/h4-9,12H,10-11H2,1-3H3. The van der Waals surface area contributed by atoms with Gasteiger partial charge in [-0.15, -0.1) is 0 Å². The van der Waals surface area contributed by atoms with Crippen LogP contribution in [0.5, 0.6) is 0 Å². The van der Waals surface area contributed by atoms with Crippen molar-refractivity contribution in [3.05, 3.63) is 52.8 Å². The highest BCUT2D eigenvalue weighted by Gasteiger charge is 2.19. The molecule has 3 aromatic rings. The molecule has 1 aromatic heterocycles. The number of aromatic nitrogens is 1. The van der Waals surface area contributed by atoms with Crippen molar-refractivity contribution in [2.75, 3.05) is 24.5 Å². The van der Waals surface area contributed by atoms with Gasteiger partial charge in [0.2, 0.25) is 0 Å². The first-order valence-corrected chi connectivity index (χ1v) is 14.7. The zero-order chi connectivity index (χ0) is 22.1. The molecule has 7 nitrogen and oxygen atoms in total. The summed E-state index contributed by atoms with van der Waals surface area (Å²) >= 11 is 2.82. The number of thiazole rings is 1. The fourth-order valence-electron chi connectivity index (χ4n) is 2.88. The van der Waals surface area contributed by atoms with E-state index >= 15 is 0 Å². The van der Waals surface area contributed by atoms with Gasteiger partial charge in [0.05, 0.1) is 25.6 Å². The van der Waals surface area contributed by atoms with Crippen molar-refractivity contribution in [2.45, 2.75) is 16.3 Å². The molecular formula is C19H20N2O5S4. The van der Waals surface area contributed by atoms with Gasteiger partial charge in [0, 0.05) is 24.8 Å². The maximum Gasteiger partial charge on any atom is 0.280 e. The predicted octanol–water partition coefficient (Wildman–Crippen LogP) is 2.61. The number of thioether (sulfide) groups is 1. The lowest BCUT2D eigenvalue weighted by Gasteiger charge is -2.05. The van der Waals surface area contributed by atoms with Gasteiger partial charge in [0.25, 0.3) is 5.91 Å². The summed E-state index contributed by atoms with van der Waals surface area (Å²) in [6.07, 6.45) is 4.14. The summed E-state index contributed by atoms with van der Waals surface area (Å²) in [6, 6.07) is 10.8. The van der Waals surface area contributed by atoms with E-state index in [9.17, 15) is 21.6 Å². The Morgan fingerprint density at radius 2 is 1.77 bits per heavy atom. The smallest absolute Gasteiger partial charge is 0.280 e. The van der Waals surface area contributed by atoms with Crippen LogP contribution in [0.25, 0.3) is 10.2 Å². The lowest BCUT2D eigenvalue weighted by atomic mass is 10.2. The van der Waals surface area contributed by atoms with Crippen LogP contribution in [0.2, 0.25) is 0 Å². The average Bonchev–Trinajstić information content (AvgIpc) is 3.01. The number of fused-ring (bicyclic) bond motifs is 1. The van der Waals surface area contributed by atoms with Crippen molar-refractivity contribution < 1.29 is 21.6 Å². The molecule has 30 heavy (non-hydrogen) atoms. The maximum atomic E-state index is 12.9. The number of hydrogen-bond donors (Lipinski definition) is 0. The number of carbonyl (C=O) groups excluding carboxylic acids is 1. The van der Waals surface area contributed by atoms with Gasteiger partial charge in [-0.25, -0.2) is 16.8 Å². The Labute approximate surface area is 183 Å². The van der Waals surface area contributed by atoms with E-state index in [4.69, 9.17) is 0 Å². The Kier molecular flexibility index (Phi) is 6.56. The molecule has 0 saturated heterocycles. The predicted molar refractivity (Wildman–Crippen MR) is 121 cm³/mol. The Balaban J connectivity index is 2.22. The van der Waals surface area contributed by atoms with E-state index in [1.807, 2.05) is 10.8 Å². The van der Waals surface area contributed by atoms with E-state index in [0.29, 0.717) is 16.0 Å². The minimum Gasteiger partial charge on any atom is -0.316 e. The van der Waals surface area contributed by atoms with Gasteiger partial charge in [-0.05, 0) is 36.6 Å². The molecule has 0 bridgehead atoms. The van der Waals surface area contributed by atoms with Gasteiger partial charge in [0.15, 0.2) is 24.5 Å². The van der Waals surface area contributed by atoms with Crippen molar-refractivity contribution in [3.8, 4) is 0 Å². The fraction of sp³-hybridized carbons (Fsp3) is 0.263. The summed E-state index contributed by atoms with van der Waals surface area (Å²) in [7, 11) is -6.97. The molecule has 0 N–H and O–H groups in total. The quantitative estimate of drug-likeness (QED) is 0.533. The van der Waals surface area contributed by atoms with Crippen LogP contribution in [0.1, 0.15) is 10.4 Å². The highest BCUT2D eigenvalue weighted by molar-refractivity contribution is 7.98. The second-order valence-electron chi connectivity index (χ2n) is 6.62. The molecule has 0 aliphatic carbocycles. The summed E-state index contributed by atoms with van der Waals surface area (Å²) in [5, 5.41) is 0. The van der Waals surface area contributed by atoms with E-state index < -0.39 is 25.6 Å². The highest BCUT2D eigenvalue weighted by atomic mass is 32.2. The molecule has 160 valence electrons. The lowest BCUT2D eigenvalue weighted by molar-refractivity contribution is 0.0994. The monoisotopic (exact) mass is 484 g/mol. The van der Waals surface area contributed by atoms with Crippen molar-refractivity contribution in [3.63, 3.8) is 0 Å². The van der Waals surface area contributed by atoms with Crippen LogP contribution in [0.15, 0.2) is 57.2 Å². The molecule has 1 heterocycles. The number of hydrogen-bond acceptors (Lipinski definition) is 7. The summed E-state index contributed by atoms with van der Waals surface area (Å²) < 4.78 is 50.4. The van der Waals surface area contributed by atoms with Crippen molar-refractivity contribution in [2.24, 2.45) is 4.99 Å². The minimum absolute atomic E-state index is 0.00528. The largest absolute Gasteiger partial charge is 0.316 e. The first kappa shape index (κ1) is 22.7. The topological polar surface area (TPSA) is 103 Å². The summed E-state index contributed by atoms with van der Waals surface area (Å²) in [5.74, 6) is 0.102. The van der Waals surface area contributed by atoms with Crippen LogP contribution in [-0.2, 0) is 26.2 Å². The molecule has 11 heteroatoms. The van der Waals surface area contributed by atoms with Crippen LogP contribution in [0, 0.1) is 0 Å². The Bertz CT molecular complexity index is 1400. The summed E-state index contributed by atoms with van der Waals surface area (Å²) in [4.78, 5) is 17.6. The molecule has 0 saturated carbocycles. The number of nitrogens with zero attached hydrogens (tertiary/aromatic N) is 2. The molecule has 2 aromatic carbocycles. The van der Waals surface area contributed by atoms with Crippen LogP contribution >= 0.6 is 23.1 Å². The van der Waals surface area contributed by atoms with Gasteiger partial charge >= 0.3 is 0 Å². The number of carbonyl (C=O) groups is 1. The van der Waals surface area contributed by atoms with Gasteiger partial charge in [-0.3, -0.25) is 4.79 Å². The number of rotatable bonds is 6. The Hall–Kier alpha value is -1.95. The molecule has 3 rings (SSSR count). The molecule has 0 unspecified atom stereocenters. The zero-order valence-corrected chi connectivity index (χ0v) is 19.8. The Morgan fingerprint density at radius 3 is 2.40 bits per heavy atom. The third-order valence-corrected chi connectivity index (χ3v) is 8.21. The molecule has 0 radical (unpaired) electrons. The molecule has 0 aliphatic heterocycles. The first-order chi connectivity index (χ1) is 14.0. The zero-order valence-electron chi connectivity index (χ0n) is 16.5. The van der Waals surface area contributed by atoms with E-state index in [1.165, 1.54) is 29.5 Å². The number of aryl methyl sites for hydroxylation is 1. The highest BCUT2D eigenvalue weighted by Crippen LogP contribution is 2.23. The minimum atomic E-state index is -3.60. The maximum absolute atomic E-state index is 12.9. The van der Waals surface area contributed by atoms with E-state index in [2.05, 4.69) is 4.99 Å². The van der Waals surface area contributed by atoms with Crippen LogP contribution < -0.4 is 4.80 Å². The van der Waals surface area contributed by atoms with E-state index in [-0.39, 0.29) is 15.4 Å². The summed E-state index contributed by atoms with van der Waals surface area (Å²) in [6.45, 7) is 0.569. The second kappa shape index (κ2) is 8.66. The molecule has 0 aliphatic rings. The first-order valence-electron chi connectivity index (χ1n) is 8.73. The van der Waals surface area contributed by atoms with Gasteiger partial charge in [0.1, 0.15) is 0 Å². The van der Waals surface area contributed by atoms with Crippen molar-refractivity contribution >= 4 is 58.9 Å². The van der Waals surface area contributed by atoms with Crippen molar-refractivity contribution in [1.29, 1.82) is 0 Å². The van der Waals surface area contributed by atoms with Gasteiger partial charge < -0.3 is 4.57 Å². The normalized spacial score (nSPS) is 13.1. The Morgan fingerprint density at radius 1 is 1.07 bits per heavy atom. The molecule has 0 spiro atoms. The molecule has 1 amide bonds.